The molecule has 0 fully saturated rings. The Kier molecular flexibility index (Phi) is 5.61. The minimum absolute atomic E-state index is 0.157. The number of amides is 1. The first-order valence-electron chi connectivity index (χ1n) is 7.96. The molecule has 0 saturated carbocycles. The molecule has 0 saturated heterocycles. The Labute approximate surface area is 159 Å². The number of halogens is 3. The highest BCUT2D eigenvalue weighted by Gasteiger charge is 2.14. The van der Waals surface area contributed by atoms with Gasteiger partial charge in [-0.15, -0.1) is 0 Å². The van der Waals surface area contributed by atoms with Crippen LogP contribution in [-0.4, -0.2) is 20.7 Å². The van der Waals surface area contributed by atoms with Crippen molar-refractivity contribution in [3.05, 3.63) is 72.0 Å². The van der Waals surface area contributed by atoms with Gasteiger partial charge in [-0.05, 0) is 35.9 Å². The highest BCUT2D eigenvalue weighted by Crippen LogP contribution is 2.29. The Morgan fingerprint density at radius 1 is 1.30 bits per heavy atom. The van der Waals surface area contributed by atoms with Crippen LogP contribution in [0, 0.1) is 0 Å². The second-order valence-electron chi connectivity index (χ2n) is 5.62. The maximum absolute atomic E-state index is 12.9. The molecule has 8 heteroatoms. The highest BCUT2D eigenvalue weighted by atomic mass is 35.5. The highest BCUT2D eigenvalue weighted by molar-refractivity contribution is 6.30. The van der Waals surface area contributed by atoms with E-state index in [9.17, 15) is 13.6 Å². The number of nitrogens with zero attached hydrogens (tertiary/aromatic N) is 3. The van der Waals surface area contributed by atoms with E-state index in [-0.39, 0.29) is 12.5 Å². The van der Waals surface area contributed by atoms with Gasteiger partial charge in [0.15, 0.2) is 0 Å². The van der Waals surface area contributed by atoms with E-state index >= 15 is 0 Å². The largest absolute Gasteiger partial charge is 0.348 e. The topological polar surface area (TPSA) is 59.8 Å². The van der Waals surface area contributed by atoms with Crippen molar-refractivity contribution in [3.8, 4) is 22.5 Å². The van der Waals surface area contributed by atoms with Gasteiger partial charge in [0, 0.05) is 35.1 Å². The Morgan fingerprint density at radius 2 is 2.11 bits per heavy atom. The predicted molar refractivity (Wildman–Crippen MR) is 99.2 cm³/mol. The number of nitrogens with one attached hydrogen (secondary N) is 1. The summed E-state index contributed by atoms with van der Waals surface area (Å²) in [6.07, 6.45) is 3.93. The number of pyridine rings is 1. The normalized spacial score (nSPS) is 10.8. The summed E-state index contributed by atoms with van der Waals surface area (Å²) in [7, 11) is 0. The lowest BCUT2D eigenvalue weighted by Gasteiger charge is -2.11. The van der Waals surface area contributed by atoms with Gasteiger partial charge in [0.05, 0.1) is 11.4 Å². The van der Waals surface area contributed by atoms with Crippen molar-refractivity contribution >= 4 is 17.5 Å². The van der Waals surface area contributed by atoms with Crippen LogP contribution in [0.3, 0.4) is 0 Å². The van der Waals surface area contributed by atoms with Crippen LogP contribution in [0.5, 0.6) is 0 Å². The van der Waals surface area contributed by atoms with Crippen LogP contribution >= 0.6 is 11.6 Å². The minimum atomic E-state index is -2.74. The molecule has 5 nitrogen and oxygen atoms in total. The lowest BCUT2D eigenvalue weighted by molar-refractivity contribution is -0.116. The van der Waals surface area contributed by atoms with Crippen LogP contribution < -0.4 is 5.32 Å². The summed E-state index contributed by atoms with van der Waals surface area (Å²) >= 11 is 6.04. The van der Waals surface area contributed by atoms with E-state index < -0.39 is 6.55 Å². The zero-order valence-electron chi connectivity index (χ0n) is 14.1. The summed E-state index contributed by atoms with van der Waals surface area (Å²) in [5, 5.41) is 7.13. The Bertz CT molecular complexity index is 987. The molecule has 3 aromatic rings. The standard InChI is InChI=1S/C19H15ClF2N4O/c1-2-18(27)24-11-13-10-23-17(12-4-3-5-14(20)8-12)9-15(13)16-6-7-26(25-16)19(21)22/h2-10,19H,1,11H2,(H,24,27). The third-order valence-electron chi connectivity index (χ3n) is 3.83. The molecule has 0 atom stereocenters. The molecule has 1 N–H and O–H groups in total. The number of carbonyl (C=O) groups is 1. The smallest absolute Gasteiger partial charge is 0.333 e. The summed E-state index contributed by atoms with van der Waals surface area (Å²) in [4.78, 5) is 15.9. The molecule has 0 aliphatic rings. The van der Waals surface area contributed by atoms with Crippen LogP contribution in [0.2, 0.25) is 5.02 Å². The minimum Gasteiger partial charge on any atom is -0.348 e. The number of hydrogen-bond acceptors (Lipinski definition) is 3. The van der Waals surface area contributed by atoms with Crippen molar-refractivity contribution in [2.45, 2.75) is 13.1 Å². The van der Waals surface area contributed by atoms with E-state index in [1.807, 2.05) is 6.07 Å². The molecule has 138 valence electrons. The zero-order valence-corrected chi connectivity index (χ0v) is 14.8. The van der Waals surface area contributed by atoms with Crippen LogP contribution in [-0.2, 0) is 11.3 Å². The van der Waals surface area contributed by atoms with Crippen molar-refractivity contribution in [2.75, 3.05) is 0 Å². The number of alkyl halides is 2. The molecule has 0 aliphatic carbocycles. The van der Waals surface area contributed by atoms with E-state index in [1.54, 1.807) is 30.5 Å². The van der Waals surface area contributed by atoms with Gasteiger partial charge < -0.3 is 5.32 Å². The van der Waals surface area contributed by atoms with E-state index in [0.717, 1.165) is 11.6 Å². The van der Waals surface area contributed by atoms with Crippen molar-refractivity contribution < 1.29 is 13.6 Å². The van der Waals surface area contributed by atoms with Crippen LogP contribution in [0.25, 0.3) is 22.5 Å². The summed E-state index contributed by atoms with van der Waals surface area (Å²) in [6.45, 7) is 0.817. The lowest BCUT2D eigenvalue weighted by Crippen LogP contribution is -2.20. The summed E-state index contributed by atoms with van der Waals surface area (Å²) in [6, 6.07) is 10.4. The van der Waals surface area contributed by atoms with E-state index in [0.29, 0.717) is 32.2 Å². The number of benzene rings is 1. The van der Waals surface area contributed by atoms with Crippen LogP contribution in [0.4, 0.5) is 8.78 Å². The number of hydrogen-bond donors (Lipinski definition) is 1. The first-order valence-corrected chi connectivity index (χ1v) is 8.34. The average molecular weight is 389 g/mol. The van der Waals surface area contributed by atoms with E-state index in [4.69, 9.17) is 11.6 Å². The van der Waals surface area contributed by atoms with E-state index in [2.05, 4.69) is 22.0 Å². The molecule has 2 aromatic heterocycles. The number of aromatic nitrogens is 3. The van der Waals surface area contributed by atoms with Gasteiger partial charge in [0.2, 0.25) is 5.91 Å². The third kappa shape index (κ3) is 4.38. The molecule has 1 aromatic carbocycles. The molecule has 0 unspecified atom stereocenters. The quantitative estimate of drug-likeness (QED) is 0.634. The van der Waals surface area contributed by atoms with Crippen molar-refractivity contribution in [1.82, 2.24) is 20.1 Å². The molecule has 0 aliphatic heterocycles. The number of rotatable bonds is 6. The Morgan fingerprint density at radius 3 is 2.78 bits per heavy atom. The Hall–Kier alpha value is -3.06. The second kappa shape index (κ2) is 8.09. The van der Waals surface area contributed by atoms with Gasteiger partial charge in [-0.1, -0.05) is 30.3 Å². The lowest BCUT2D eigenvalue weighted by atomic mass is 10.0. The SMILES string of the molecule is C=CC(=O)NCc1cnc(-c2cccc(Cl)c2)cc1-c1ccn(C(F)F)n1. The fourth-order valence-corrected chi connectivity index (χ4v) is 2.70. The van der Waals surface area contributed by atoms with Gasteiger partial charge >= 0.3 is 6.55 Å². The predicted octanol–water partition coefficient (Wildman–Crippen LogP) is 4.46. The zero-order chi connectivity index (χ0) is 19.4. The average Bonchev–Trinajstić information content (AvgIpc) is 3.16. The van der Waals surface area contributed by atoms with Gasteiger partial charge in [0.1, 0.15) is 0 Å². The molecular weight excluding hydrogens is 374 g/mol. The van der Waals surface area contributed by atoms with Crippen LogP contribution in [0.1, 0.15) is 12.1 Å². The molecule has 27 heavy (non-hydrogen) atoms. The van der Waals surface area contributed by atoms with Gasteiger partial charge in [-0.25, -0.2) is 4.68 Å². The first kappa shape index (κ1) is 18.7. The molecule has 1 amide bonds. The summed E-state index contributed by atoms with van der Waals surface area (Å²) in [5.41, 5.74) is 2.96. The molecule has 2 heterocycles. The maximum atomic E-state index is 12.9. The monoisotopic (exact) mass is 388 g/mol. The molecule has 0 spiro atoms. The van der Waals surface area contributed by atoms with Crippen molar-refractivity contribution in [1.29, 1.82) is 0 Å². The first-order chi connectivity index (χ1) is 13.0. The molecular formula is C19H15ClF2N4O. The fraction of sp³-hybridized carbons (Fsp3) is 0.105. The maximum Gasteiger partial charge on any atom is 0.333 e. The van der Waals surface area contributed by atoms with Gasteiger partial charge in [-0.2, -0.15) is 13.9 Å². The molecule has 0 radical (unpaired) electrons. The second-order valence-corrected chi connectivity index (χ2v) is 6.05. The van der Waals surface area contributed by atoms with Gasteiger partial charge in [0.25, 0.3) is 0 Å². The summed E-state index contributed by atoms with van der Waals surface area (Å²) < 4.78 is 26.4. The Balaban J connectivity index is 2.05. The number of carbonyl (C=O) groups excluding carboxylic acids is 1. The van der Waals surface area contributed by atoms with Gasteiger partial charge in [-0.3, -0.25) is 9.78 Å². The van der Waals surface area contributed by atoms with Crippen LogP contribution in [0.15, 0.2) is 61.4 Å². The molecule has 3 rings (SSSR count). The summed E-state index contributed by atoms with van der Waals surface area (Å²) in [5.74, 6) is -0.349. The fourth-order valence-electron chi connectivity index (χ4n) is 2.51. The molecule has 0 bridgehead atoms. The van der Waals surface area contributed by atoms with E-state index in [1.165, 1.54) is 12.3 Å². The van der Waals surface area contributed by atoms with Crippen molar-refractivity contribution in [2.24, 2.45) is 0 Å². The third-order valence-corrected chi connectivity index (χ3v) is 4.06. The van der Waals surface area contributed by atoms with Crippen molar-refractivity contribution in [3.63, 3.8) is 0 Å².